The van der Waals surface area contributed by atoms with Crippen molar-refractivity contribution in [1.82, 2.24) is 0 Å². The van der Waals surface area contributed by atoms with Crippen LogP contribution in [0.2, 0.25) is 5.02 Å². The molecule has 4 rings (SSSR count). The molecule has 6 nitrogen and oxygen atoms in total. The third-order valence-corrected chi connectivity index (χ3v) is 9.57. The summed E-state index contributed by atoms with van der Waals surface area (Å²) in [5.74, 6) is -0.335. The molecule has 212 valence electrons. The van der Waals surface area contributed by atoms with Gasteiger partial charge in [-0.1, -0.05) is 44.5 Å². The molecular formula is C31H35ClN2O4S2. The van der Waals surface area contributed by atoms with Crippen molar-refractivity contribution in [3.8, 4) is 0 Å². The molecular weight excluding hydrogens is 564 g/mol. The monoisotopic (exact) mass is 598 g/mol. The predicted octanol–water partition coefficient (Wildman–Crippen LogP) is 8.10. The Kier molecular flexibility index (Phi) is 9.64. The SMILES string of the molecule is CCOC(=O)c1c(NC(=O)C(C)Sc2cccc(NC(=O)c3cccc(Cl)c3)c2)sc2c1CCC(C(C)(C)C)C2. The zero-order valence-electron chi connectivity index (χ0n) is 23.4. The van der Waals surface area contributed by atoms with Gasteiger partial charge in [0.2, 0.25) is 5.91 Å². The molecule has 0 spiro atoms. The molecule has 9 heteroatoms. The van der Waals surface area contributed by atoms with Crippen molar-refractivity contribution >= 4 is 63.2 Å². The molecule has 2 amide bonds. The van der Waals surface area contributed by atoms with Crippen molar-refractivity contribution in [1.29, 1.82) is 0 Å². The number of rotatable bonds is 8. The quantitative estimate of drug-likeness (QED) is 0.202. The number of thiophene rings is 1. The Morgan fingerprint density at radius 1 is 1.12 bits per heavy atom. The Labute approximate surface area is 249 Å². The standard InChI is InChI=1S/C31H35ClN2O4S2/c1-6-38-30(37)26-24-14-13-20(31(3,4)5)16-25(24)40-29(26)34-27(35)18(2)39-23-12-8-11-22(17-23)33-28(36)19-9-7-10-21(32)15-19/h7-12,15,17-18,20H,6,13-14,16H2,1-5H3,(H,33,36)(H,34,35). The number of esters is 1. The van der Waals surface area contributed by atoms with Gasteiger partial charge in [-0.15, -0.1) is 23.1 Å². The molecule has 1 heterocycles. The highest BCUT2D eigenvalue weighted by molar-refractivity contribution is 8.00. The molecule has 0 saturated carbocycles. The smallest absolute Gasteiger partial charge is 0.341 e. The Hall–Kier alpha value is -2.81. The van der Waals surface area contributed by atoms with Gasteiger partial charge in [0.1, 0.15) is 5.00 Å². The highest BCUT2D eigenvalue weighted by Gasteiger charge is 2.34. The fourth-order valence-corrected chi connectivity index (χ4v) is 7.22. The van der Waals surface area contributed by atoms with Crippen LogP contribution in [0.25, 0.3) is 0 Å². The van der Waals surface area contributed by atoms with Gasteiger partial charge in [-0.3, -0.25) is 9.59 Å². The van der Waals surface area contributed by atoms with E-state index in [1.807, 2.05) is 25.1 Å². The molecule has 1 aliphatic carbocycles. The Morgan fingerprint density at radius 2 is 1.88 bits per heavy atom. The van der Waals surface area contributed by atoms with Gasteiger partial charge in [0.25, 0.3) is 5.91 Å². The van der Waals surface area contributed by atoms with Crippen LogP contribution in [0.4, 0.5) is 10.7 Å². The van der Waals surface area contributed by atoms with Crippen molar-refractivity contribution < 1.29 is 19.1 Å². The first kappa shape index (κ1) is 30.2. The van der Waals surface area contributed by atoms with Crippen LogP contribution in [0, 0.1) is 11.3 Å². The van der Waals surface area contributed by atoms with E-state index >= 15 is 0 Å². The number of carbonyl (C=O) groups is 3. The molecule has 2 unspecified atom stereocenters. The van der Waals surface area contributed by atoms with Gasteiger partial charge in [0.05, 0.1) is 17.4 Å². The summed E-state index contributed by atoms with van der Waals surface area (Å²) in [7, 11) is 0. The topological polar surface area (TPSA) is 84.5 Å². The van der Waals surface area contributed by atoms with Crippen LogP contribution >= 0.6 is 34.7 Å². The van der Waals surface area contributed by atoms with Gasteiger partial charge in [0, 0.05) is 26.0 Å². The molecule has 40 heavy (non-hydrogen) atoms. The first-order valence-corrected chi connectivity index (χ1v) is 15.5. The van der Waals surface area contributed by atoms with Gasteiger partial charge in [-0.2, -0.15) is 0 Å². The number of thioether (sulfide) groups is 1. The summed E-state index contributed by atoms with van der Waals surface area (Å²) in [5.41, 5.74) is 2.77. The molecule has 2 aromatic carbocycles. The molecule has 3 aromatic rings. The van der Waals surface area contributed by atoms with Gasteiger partial charge in [-0.25, -0.2) is 4.79 Å². The number of anilines is 2. The van der Waals surface area contributed by atoms with E-state index < -0.39 is 5.25 Å². The number of nitrogens with one attached hydrogen (secondary N) is 2. The minimum absolute atomic E-state index is 0.169. The lowest BCUT2D eigenvalue weighted by atomic mass is 9.72. The van der Waals surface area contributed by atoms with Gasteiger partial charge in [0.15, 0.2) is 0 Å². The molecule has 2 N–H and O–H groups in total. The fourth-order valence-electron chi connectivity index (χ4n) is 4.78. The number of ether oxygens (including phenoxy) is 1. The summed E-state index contributed by atoms with van der Waals surface area (Å²) in [6.45, 7) is 10.6. The number of hydrogen-bond acceptors (Lipinski definition) is 6. The van der Waals surface area contributed by atoms with Gasteiger partial charge >= 0.3 is 5.97 Å². The lowest BCUT2D eigenvalue weighted by molar-refractivity contribution is -0.115. The highest BCUT2D eigenvalue weighted by atomic mass is 35.5. The second-order valence-electron chi connectivity index (χ2n) is 11.0. The van der Waals surface area contributed by atoms with E-state index in [2.05, 4.69) is 31.4 Å². The maximum absolute atomic E-state index is 13.3. The van der Waals surface area contributed by atoms with Crippen molar-refractivity contribution in [2.75, 3.05) is 17.2 Å². The van der Waals surface area contributed by atoms with Crippen molar-refractivity contribution in [3.05, 3.63) is 75.1 Å². The summed E-state index contributed by atoms with van der Waals surface area (Å²) in [6, 6.07) is 14.1. The number of amides is 2. The zero-order chi connectivity index (χ0) is 29.0. The lowest BCUT2D eigenvalue weighted by Crippen LogP contribution is -2.27. The number of halogens is 1. The predicted molar refractivity (Wildman–Crippen MR) is 165 cm³/mol. The molecule has 1 aromatic heterocycles. The van der Waals surface area contributed by atoms with E-state index in [1.165, 1.54) is 23.1 Å². The average molecular weight is 599 g/mol. The van der Waals surface area contributed by atoms with Gasteiger partial charge in [-0.05, 0) is 86.4 Å². The fraction of sp³-hybridized carbons (Fsp3) is 0.387. The van der Waals surface area contributed by atoms with E-state index in [-0.39, 0.29) is 29.8 Å². The maximum Gasteiger partial charge on any atom is 0.341 e. The van der Waals surface area contributed by atoms with E-state index in [4.69, 9.17) is 16.3 Å². The highest BCUT2D eigenvalue weighted by Crippen LogP contribution is 2.44. The third kappa shape index (κ3) is 7.28. The minimum Gasteiger partial charge on any atom is -0.462 e. The largest absolute Gasteiger partial charge is 0.462 e. The number of benzene rings is 2. The van der Waals surface area contributed by atoms with Crippen molar-refractivity contribution in [2.24, 2.45) is 11.3 Å². The number of hydrogen-bond donors (Lipinski definition) is 2. The first-order chi connectivity index (χ1) is 19.0. The van der Waals surface area contributed by atoms with Crippen LogP contribution in [0.1, 0.15) is 72.2 Å². The van der Waals surface area contributed by atoms with E-state index in [9.17, 15) is 14.4 Å². The van der Waals surface area contributed by atoms with Crippen molar-refractivity contribution in [3.63, 3.8) is 0 Å². The summed E-state index contributed by atoms with van der Waals surface area (Å²) in [6.07, 6.45) is 2.70. The second-order valence-corrected chi connectivity index (χ2v) is 13.9. The Morgan fingerprint density at radius 3 is 2.58 bits per heavy atom. The zero-order valence-corrected chi connectivity index (χ0v) is 25.8. The van der Waals surface area contributed by atoms with Crippen LogP contribution in [0.5, 0.6) is 0 Å². The maximum atomic E-state index is 13.3. The van der Waals surface area contributed by atoms with Crippen LogP contribution in [0.3, 0.4) is 0 Å². The summed E-state index contributed by atoms with van der Waals surface area (Å²) < 4.78 is 5.38. The molecule has 0 radical (unpaired) electrons. The van der Waals surface area contributed by atoms with Crippen LogP contribution in [-0.4, -0.2) is 29.6 Å². The van der Waals surface area contributed by atoms with Crippen LogP contribution in [-0.2, 0) is 22.4 Å². The normalized spacial score (nSPS) is 15.6. The summed E-state index contributed by atoms with van der Waals surface area (Å²) >= 11 is 8.89. The van der Waals surface area contributed by atoms with Crippen LogP contribution in [0.15, 0.2) is 53.4 Å². The number of fused-ring (bicyclic) bond motifs is 1. The lowest BCUT2D eigenvalue weighted by Gasteiger charge is -2.33. The first-order valence-electron chi connectivity index (χ1n) is 13.4. The van der Waals surface area contributed by atoms with Gasteiger partial charge < -0.3 is 15.4 Å². The minimum atomic E-state index is -0.449. The van der Waals surface area contributed by atoms with E-state index in [0.29, 0.717) is 32.8 Å². The molecule has 0 aliphatic heterocycles. The summed E-state index contributed by atoms with van der Waals surface area (Å²) in [4.78, 5) is 40.9. The van der Waals surface area contributed by atoms with E-state index in [1.54, 1.807) is 37.3 Å². The molecule has 2 atom stereocenters. The molecule has 0 saturated heterocycles. The second kappa shape index (κ2) is 12.8. The number of carbonyl (C=O) groups excluding carboxylic acids is 3. The average Bonchev–Trinajstić information content (AvgIpc) is 3.25. The molecule has 0 bridgehead atoms. The molecule has 0 fully saturated rings. The van der Waals surface area contributed by atoms with Crippen molar-refractivity contribution in [2.45, 2.75) is 64.0 Å². The molecule has 1 aliphatic rings. The Balaban J connectivity index is 1.47. The van der Waals surface area contributed by atoms with E-state index in [0.717, 1.165) is 34.6 Å². The van der Waals surface area contributed by atoms with Crippen LogP contribution < -0.4 is 10.6 Å². The summed E-state index contributed by atoms with van der Waals surface area (Å²) in [5, 5.41) is 6.52. The third-order valence-electron chi connectivity index (χ3n) is 7.07. The Bertz CT molecular complexity index is 1410.